The number of halogens is 1. The molecule has 0 saturated carbocycles. The topological polar surface area (TPSA) is 29.5 Å². The summed E-state index contributed by atoms with van der Waals surface area (Å²) in [5.41, 5.74) is 2.34. The van der Waals surface area contributed by atoms with Gasteiger partial charge < -0.3 is 9.84 Å². The van der Waals surface area contributed by atoms with Crippen molar-refractivity contribution in [3.8, 4) is 5.75 Å². The van der Waals surface area contributed by atoms with Gasteiger partial charge in [-0.3, -0.25) is 0 Å². The average Bonchev–Trinajstić information content (AvgIpc) is 2.48. The fourth-order valence-corrected chi connectivity index (χ4v) is 2.08. The van der Waals surface area contributed by atoms with Gasteiger partial charge in [0.15, 0.2) is 0 Å². The molecule has 2 nitrogen and oxygen atoms in total. The lowest BCUT2D eigenvalue weighted by molar-refractivity contribution is 0.167. The van der Waals surface area contributed by atoms with E-state index in [2.05, 4.69) is 0 Å². The van der Waals surface area contributed by atoms with Gasteiger partial charge in [-0.1, -0.05) is 24.3 Å². The van der Waals surface area contributed by atoms with Gasteiger partial charge in [0.1, 0.15) is 11.6 Å². The Labute approximate surface area is 118 Å². The van der Waals surface area contributed by atoms with E-state index in [-0.39, 0.29) is 5.82 Å². The number of hydrogen-bond acceptors (Lipinski definition) is 2. The highest BCUT2D eigenvalue weighted by atomic mass is 19.1. The van der Waals surface area contributed by atoms with E-state index in [0.717, 1.165) is 17.7 Å². The third-order valence-corrected chi connectivity index (χ3v) is 3.45. The molecule has 0 radical (unpaired) electrons. The monoisotopic (exact) mass is 274 g/mol. The molecule has 20 heavy (non-hydrogen) atoms. The molecule has 106 valence electrons. The highest BCUT2D eigenvalue weighted by Gasteiger charge is 2.10. The number of hydrogen-bond donors (Lipinski definition) is 1. The summed E-state index contributed by atoms with van der Waals surface area (Å²) >= 11 is 0. The lowest BCUT2D eigenvalue weighted by Crippen LogP contribution is -2.01. The molecule has 0 fully saturated rings. The van der Waals surface area contributed by atoms with Crippen LogP contribution in [0.25, 0.3) is 0 Å². The molecule has 0 amide bonds. The number of rotatable bonds is 5. The van der Waals surface area contributed by atoms with E-state index >= 15 is 0 Å². The third kappa shape index (κ3) is 3.58. The van der Waals surface area contributed by atoms with Crippen molar-refractivity contribution in [3.63, 3.8) is 0 Å². The van der Waals surface area contributed by atoms with Crippen molar-refractivity contribution in [2.45, 2.75) is 25.9 Å². The normalized spacial score (nSPS) is 12.2. The van der Waals surface area contributed by atoms with Crippen LogP contribution >= 0.6 is 0 Å². The van der Waals surface area contributed by atoms with Crippen LogP contribution in [0.5, 0.6) is 5.75 Å². The van der Waals surface area contributed by atoms with Crippen LogP contribution in [-0.4, -0.2) is 12.2 Å². The van der Waals surface area contributed by atoms with E-state index < -0.39 is 6.10 Å². The van der Waals surface area contributed by atoms with E-state index in [0.29, 0.717) is 17.5 Å². The van der Waals surface area contributed by atoms with Gasteiger partial charge in [0, 0.05) is 0 Å². The van der Waals surface area contributed by atoms with Gasteiger partial charge in [-0.25, -0.2) is 4.39 Å². The summed E-state index contributed by atoms with van der Waals surface area (Å²) in [5.74, 6) is 0.543. The van der Waals surface area contributed by atoms with Crippen molar-refractivity contribution in [1.29, 1.82) is 0 Å². The SMILES string of the molecule is COc1ccc(CCC(O)c2ccc(C)c(F)c2)cc1. The smallest absolute Gasteiger partial charge is 0.126 e. The van der Waals surface area contributed by atoms with Crippen molar-refractivity contribution >= 4 is 0 Å². The number of aliphatic hydroxyl groups excluding tert-OH is 1. The van der Waals surface area contributed by atoms with Crippen molar-refractivity contribution in [2.24, 2.45) is 0 Å². The lowest BCUT2D eigenvalue weighted by atomic mass is 10.0. The molecular formula is C17H19FO2. The van der Waals surface area contributed by atoms with Gasteiger partial charge in [-0.15, -0.1) is 0 Å². The Kier molecular flexibility index (Phi) is 4.74. The zero-order chi connectivity index (χ0) is 14.5. The molecule has 2 aromatic rings. The van der Waals surface area contributed by atoms with Crippen LogP contribution in [0.2, 0.25) is 0 Å². The van der Waals surface area contributed by atoms with E-state index in [1.165, 1.54) is 6.07 Å². The Hall–Kier alpha value is -1.87. The Bertz CT molecular complexity index is 564. The first-order valence-electron chi connectivity index (χ1n) is 6.67. The van der Waals surface area contributed by atoms with Crippen LogP contribution in [0, 0.1) is 12.7 Å². The molecular weight excluding hydrogens is 255 g/mol. The van der Waals surface area contributed by atoms with Gasteiger partial charge in [0.05, 0.1) is 13.2 Å². The van der Waals surface area contributed by atoms with Gasteiger partial charge in [-0.05, 0) is 54.7 Å². The minimum Gasteiger partial charge on any atom is -0.497 e. The molecule has 0 aromatic heterocycles. The van der Waals surface area contributed by atoms with Gasteiger partial charge in [-0.2, -0.15) is 0 Å². The number of aryl methyl sites for hydroxylation is 2. The first-order valence-corrected chi connectivity index (χ1v) is 6.67. The fourth-order valence-electron chi connectivity index (χ4n) is 2.08. The van der Waals surface area contributed by atoms with Crippen molar-refractivity contribution in [2.75, 3.05) is 7.11 Å². The maximum Gasteiger partial charge on any atom is 0.126 e. The Morgan fingerprint density at radius 1 is 1.15 bits per heavy atom. The summed E-state index contributed by atoms with van der Waals surface area (Å²) in [6.45, 7) is 1.71. The van der Waals surface area contributed by atoms with Gasteiger partial charge in [0.2, 0.25) is 0 Å². The largest absolute Gasteiger partial charge is 0.497 e. The molecule has 0 heterocycles. The second-order valence-corrected chi connectivity index (χ2v) is 4.91. The maximum atomic E-state index is 13.5. The van der Waals surface area contributed by atoms with Gasteiger partial charge in [0.25, 0.3) is 0 Å². The van der Waals surface area contributed by atoms with Crippen molar-refractivity contribution in [1.82, 2.24) is 0 Å². The Morgan fingerprint density at radius 2 is 1.85 bits per heavy atom. The summed E-state index contributed by atoms with van der Waals surface area (Å²) in [6, 6.07) is 12.6. The van der Waals surface area contributed by atoms with E-state index in [1.54, 1.807) is 26.2 Å². The maximum absolute atomic E-state index is 13.5. The standard InChI is InChI=1S/C17H19FO2/c1-12-3-7-14(11-16(12)18)17(19)10-6-13-4-8-15(20-2)9-5-13/h3-5,7-9,11,17,19H,6,10H2,1-2H3. The Morgan fingerprint density at radius 3 is 2.45 bits per heavy atom. The highest BCUT2D eigenvalue weighted by molar-refractivity contribution is 5.28. The lowest BCUT2D eigenvalue weighted by Gasteiger charge is -2.12. The van der Waals surface area contributed by atoms with E-state index in [4.69, 9.17) is 4.74 Å². The zero-order valence-electron chi connectivity index (χ0n) is 11.8. The van der Waals surface area contributed by atoms with E-state index in [9.17, 15) is 9.50 Å². The number of aliphatic hydroxyl groups is 1. The van der Waals surface area contributed by atoms with Crippen LogP contribution in [0.15, 0.2) is 42.5 Å². The van der Waals surface area contributed by atoms with Crippen LogP contribution in [-0.2, 0) is 6.42 Å². The van der Waals surface area contributed by atoms with Crippen LogP contribution in [0.3, 0.4) is 0 Å². The van der Waals surface area contributed by atoms with Crippen molar-refractivity contribution in [3.05, 3.63) is 65.0 Å². The third-order valence-electron chi connectivity index (χ3n) is 3.45. The fraction of sp³-hybridized carbons (Fsp3) is 0.294. The first-order chi connectivity index (χ1) is 9.60. The zero-order valence-corrected chi connectivity index (χ0v) is 11.8. The van der Waals surface area contributed by atoms with Gasteiger partial charge >= 0.3 is 0 Å². The summed E-state index contributed by atoms with van der Waals surface area (Å²) in [5, 5.41) is 10.1. The van der Waals surface area contributed by atoms with Crippen LogP contribution in [0.1, 0.15) is 29.2 Å². The predicted octanol–water partition coefficient (Wildman–Crippen LogP) is 3.81. The average molecular weight is 274 g/mol. The summed E-state index contributed by atoms with van der Waals surface area (Å²) in [6.07, 6.45) is 0.655. The molecule has 1 unspecified atom stereocenters. The van der Waals surface area contributed by atoms with Crippen molar-refractivity contribution < 1.29 is 14.2 Å². The molecule has 0 saturated heterocycles. The quantitative estimate of drug-likeness (QED) is 0.898. The summed E-state index contributed by atoms with van der Waals surface area (Å²) in [4.78, 5) is 0. The molecule has 2 aromatic carbocycles. The number of benzene rings is 2. The predicted molar refractivity (Wildman–Crippen MR) is 77.4 cm³/mol. The molecule has 0 aliphatic heterocycles. The molecule has 0 bridgehead atoms. The van der Waals surface area contributed by atoms with Crippen LogP contribution < -0.4 is 4.74 Å². The minimum absolute atomic E-state index is 0.272. The minimum atomic E-state index is -0.646. The Balaban J connectivity index is 1.96. The summed E-state index contributed by atoms with van der Waals surface area (Å²) in [7, 11) is 1.63. The first kappa shape index (κ1) is 14.5. The molecule has 1 N–H and O–H groups in total. The molecule has 3 heteroatoms. The summed E-state index contributed by atoms with van der Waals surface area (Å²) < 4.78 is 18.6. The number of ether oxygens (including phenoxy) is 1. The molecule has 0 aliphatic rings. The molecule has 1 atom stereocenters. The molecule has 2 rings (SSSR count). The second kappa shape index (κ2) is 6.53. The molecule has 0 spiro atoms. The highest BCUT2D eigenvalue weighted by Crippen LogP contribution is 2.22. The molecule has 0 aliphatic carbocycles. The second-order valence-electron chi connectivity index (χ2n) is 4.91. The number of methoxy groups -OCH3 is 1. The van der Waals surface area contributed by atoms with E-state index in [1.807, 2.05) is 24.3 Å². The van der Waals surface area contributed by atoms with Crippen LogP contribution in [0.4, 0.5) is 4.39 Å².